The highest BCUT2D eigenvalue weighted by atomic mass is 16.7. The molecule has 2 rings (SSSR count). The molecule has 0 spiro atoms. The van der Waals surface area contributed by atoms with Gasteiger partial charge in [-0.2, -0.15) is 0 Å². The zero-order chi connectivity index (χ0) is 55.3. The molecule has 1 amide bonds. The maximum atomic E-state index is 13.3. The van der Waals surface area contributed by atoms with E-state index in [1.54, 1.807) is 0 Å². The van der Waals surface area contributed by atoms with Crippen molar-refractivity contribution in [3.8, 4) is 0 Å². The Morgan fingerprint density at radius 3 is 1.25 bits per heavy atom. The van der Waals surface area contributed by atoms with Gasteiger partial charge in [-0.25, -0.2) is 0 Å². The Labute approximate surface area is 463 Å². The fourth-order valence-electron chi connectivity index (χ4n) is 10.8. The minimum Gasteiger partial charge on any atom is -0.394 e. The quantitative estimate of drug-likeness (QED) is 0.0204. The number of amides is 1. The van der Waals surface area contributed by atoms with E-state index in [2.05, 4.69) is 31.3 Å². The Balaban J connectivity index is 1.72. The highest BCUT2D eigenvalue weighted by molar-refractivity contribution is 5.76. The maximum Gasteiger partial charge on any atom is 0.220 e. The predicted molar refractivity (Wildman–Crippen MR) is 305 cm³/mol. The van der Waals surface area contributed by atoms with E-state index in [0.29, 0.717) is 12.8 Å². The van der Waals surface area contributed by atoms with Crippen LogP contribution in [0.15, 0.2) is 12.2 Å². The number of carbonyl (C=O) groups excluding carboxylic acids is 1. The highest BCUT2D eigenvalue weighted by Gasteiger charge is 2.51. The molecule has 0 radical (unpaired) electrons. The van der Waals surface area contributed by atoms with Gasteiger partial charge in [0, 0.05) is 6.42 Å². The Kier molecular flexibility index (Phi) is 45.1. The molecule has 0 aliphatic carbocycles. The molecule has 2 saturated heterocycles. The second kappa shape index (κ2) is 48.4. The third-order valence-corrected chi connectivity index (χ3v) is 16.0. The van der Waals surface area contributed by atoms with Crippen LogP contribution in [0.3, 0.4) is 0 Å². The number of carbonyl (C=O) groups is 1. The van der Waals surface area contributed by atoms with Crippen LogP contribution in [0.25, 0.3) is 0 Å². The first-order chi connectivity index (χ1) is 37.1. The number of nitrogens with one attached hydrogen (secondary N) is 1. The summed E-state index contributed by atoms with van der Waals surface area (Å²) in [6.45, 7) is 2.90. The van der Waals surface area contributed by atoms with Crippen LogP contribution < -0.4 is 5.32 Å². The number of allylic oxidation sites excluding steroid dienone is 2. The lowest BCUT2D eigenvalue weighted by Gasteiger charge is -2.46. The SMILES string of the molecule is CCCCCCCCCC/C=C\CCCCCCCCCCCCCC(=O)NC(COC1OC(CO)C(OC2OC(CO)C(O)C(O)C2O)C(O)C1O)C(O)CCCCCCCCCCCCCCCCCCCCC. The van der Waals surface area contributed by atoms with Gasteiger partial charge in [0.2, 0.25) is 5.91 Å². The lowest BCUT2D eigenvalue weighted by atomic mass is 9.97. The smallest absolute Gasteiger partial charge is 0.220 e. The van der Waals surface area contributed by atoms with E-state index in [1.807, 2.05) is 0 Å². The van der Waals surface area contributed by atoms with Gasteiger partial charge in [-0.15, -0.1) is 0 Å². The fourth-order valence-corrected chi connectivity index (χ4v) is 10.8. The third-order valence-electron chi connectivity index (χ3n) is 16.0. The van der Waals surface area contributed by atoms with Crippen LogP contribution in [0.5, 0.6) is 0 Å². The molecule has 0 saturated carbocycles. The number of unbranched alkanes of at least 4 members (excludes halogenated alkanes) is 37. The molecule has 76 heavy (non-hydrogen) atoms. The zero-order valence-electron chi connectivity index (χ0n) is 48.5. The molecule has 14 nitrogen and oxygen atoms in total. The van der Waals surface area contributed by atoms with Crippen LogP contribution in [0.4, 0.5) is 0 Å². The number of aliphatic hydroxyl groups is 8. The van der Waals surface area contributed by atoms with E-state index >= 15 is 0 Å². The summed E-state index contributed by atoms with van der Waals surface area (Å²) in [5, 5.41) is 87.4. The molecule has 14 heteroatoms. The van der Waals surface area contributed by atoms with Crippen molar-refractivity contribution in [3.63, 3.8) is 0 Å². The van der Waals surface area contributed by atoms with E-state index in [-0.39, 0.29) is 12.5 Å². The van der Waals surface area contributed by atoms with E-state index in [4.69, 9.17) is 18.9 Å². The van der Waals surface area contributed by atoms with Crippen LogP contribution in [0.2, 0.25) is 0 Å². The van der Waals surface area contributed by atoms with Crippen molar-refractivity contribution in [2.45, 2.75) is 357 Å². The first-order valence-electron chi connectivity index (χ1n) is 31.9. The first kappa shape index (κ1) is 70.8. The number of rotatable bonds is 52. The Morgan fingerprint density at radius 2 is 0.829 bits per heavy atom. The third kappa shape index (κ3) is 33.5. The first-order valence-corrected chi connectivity index (χ1v) is 31.9. The van der Waals surface area contributed by atoms with Crippen LogP contribution >= 0.6 is 0 Å². The minimum atomic E-state index is -1.78. The fraction of sp³-hybridized carbons (Fsp3) is 0.952. The molecule has 12 atom stereocenters. The summed E-state index contributed by atoms with van der Waals surface area (Å²) < 4.78 is 22.9. The molecule has 0 aromatic carbocycles. The molecule has 12 unspecified atom stereocenters. The van der Waals surface area contributed by atoms with Gasteiger partial charge in [-0.3, -0.25) is 4.79 Å². The lowest BCUT2D eigenvalue weighted by Crippen LogP contribution is -2.65. The van der Waals surface area contributed by atoms with Crippen molar-refractivity contribution in [2.24, 2.45) is 0 Å². The summed E-state index contributed by atoms with van der Waals surface area (Å²) in [7, 11) is 0. The molecule has 2 fully saturated rings. The predicted octanol–water partition coefficient (Wildman–Crippen LogP) is 11.5. The van der Waals surface area contributed by atoms with E-state index in [0.717, 1.165) is 51.4 Å². The normalized spacial score (nSPS) is 24.9. The molecule has 2 aliphatic heterocycles. The largest absolute Gasteiger partial charge is 0.394 e. The Hall–Kier alpha value is -1.27. The molecule has 0 bridgehead atoms. The summed E-state index contributed by atoms with van der Waals surface area (Å²) in [5.41, 5.74) is 0. The van der Waals surface area contributed by atoms with Gasteiger partial charge in [0.15, 0.2) is 12.6 Å². The van der Waals surface area contributed by atoms with E-state index < -0.39 is 86.8 Å². The number of aliphatic hydroxyl groups excluding tert-OH is 8. The molecular formula is C62H119NO13. The summed E-state index contributed by atoms with van der Waals surface area (Å²) >= 11 is 0. The molecule has 450 valence electrons. The Bertz CT molecular complexity index is 1330. The maximum absolute atomic E-state index is 13.3. The summed E-state index contributed by atoms with van der Waals surface area (Å²) in [4.78, 5) is 13.3. The van der Waals surface area contributed by atoms with Gasteiger partial charge in [-0.05, 0) is 38.5 Å². The molecule has 0 aromatic rings. The molecule has 0 aromatic heterocycles. The monoisotopic (exact) mass is 1090 g/mol. The van der Waals surface area contributed by atoms with Crippen molar-refractivity contribution in [1.82, 2.24) is 5.32 Å². The van der Waals surface area contributed by atoms with Gasteiger partial charge in [0.1, 0.15) is 48.8 Å². The standard InChI is InChI=1S/C62H119NO13/c1-3-5-7-9-11-13-15-17-19-21-23-24-25-26-28-30-32-34-36-38-40-42-44-46-54(67)63-50(51(66)45-43-41-39-37-35-33-31-29-27-22-20-18-16-14-12-10-8-6-4-2)49-73-61-59(72)57(70)60(53(48-65)75-61)76-62-58(71)56(69)55(68)52(47-64)74-62/h21,23,50-53,55-62,64-66,68-72H,3-20,22,24-49H2,1-2H3,(H,63,67)/b23-21-. The summed E-state index contributed by atoms with van der Waals surface area (Å²) in [6.07, 6.45) is 39.2. The van der Waals surface area contributed by atoms with Gasteiger partial charge in [0.25, 0.3) is 0 Å². The number of hydrogen-bond donors (Lipinski definition) is 9. The topological polar surface area (TPSA) is 228 Å². The van der Waals surface area contributed by atoms with Crippen molar-refractivity contribution in [1.29, 1.82) is 0 Å². The summed E-state index contributed by atoms with van der Waals surface area (Å²) in [5.74, 6) is -0.203. The van der Waals surface area contributed by atoms with E-state index in [9.17, 15) is 45.6 Å². The van der Waals surface area contributed by atoms with Gasteiger partial charge >= 0.3 is 0 Å². The average molecular weight is 1090 g/mol. The second-order valence-corrected chi connectivity index (χ2v) is 22.9. The van der Waals surface area contributed by atoms with Gasteiger partial charge in [-0.1, -0.05) is 251 Å². The van der Waals surface area contributed by atoms with E-state index in [1.165, 1.54) is 205 Å². The van der Waals surface area contributed by atoms with Crippen molar-refractivity contribution < 1.29 is 64.6 Å². The number of hydrogen-bond acceptors (Lipinski definition) is 13. The van der Waals surface area contributed by atoms with Crippen LogP contribution in [-0.4, -0.2) is 140 Å². The van der Waals surface area contributed by atoms with Crippen molar-refractivity contribution in [2.75, 3.05) is 19.8 Å². The number of ether oxygens (including phenoxy) is 4. The molecule has 2 heterocycles. The lowest BCUT2D eigenvalue weighted by molar-refractivity contribution is -0.359. The Morgan fingerprint density at radius 1 is 0.461 bits per heavy atom. The average Bonchev–Trinajstić information content (AvgIpc) is 3.42. The van der Waals surface area contributed by atoms with Crippen LogP contribution in [0, 0.1) is 0 Å². The highest BCUT2D eigenvalue weighted by Crippen LogP contribution is 2.30. The minimum absolute atomic E-state index is 0.203. The molecule has 2 aliphatic rings. The van der Waals surface area contributed by atoms with Gasteiger partial charge in [0.05, 0.1) is 32.0 Å². The van der Waals surface area contributed by atoms with Crippen molar-refractivity contribution >= 4 is 5.91 Å². The molecule has 9 N–H and O–H groups in total. The van der Waals surface area contributed by atoms with Crippen LogP contribution in [-0.2, 0) is 23.7 Å². The van der Waals surface area contributed by atoms with Gasteiger partial charge < -0.3 is 65.1 Å². The summed E-state index contributed by atoms with van der Waals surface area (Å²) in [6, 6.07) is -0.826. The van der Waals surface area contributed by atoms with Crippen LogP contribution in [0.1, 0.15) is 284 Å². The second-order valence-electron chi connectivity index (χ2n) is 22.9. The van der Waals surface area contributed by atoms with Crippen molar-refractivity contribution in [3.05, 3.63) is 12.2 Å². The molecular weight excluding hydrogens is 967 g/mol. The zero-order valence-corrected chi connectivity index (χ0v) is 48.5.